The molecule has 2 aromatic rings. The standard InChI is InChI=1S/C21H26N2O2/c1-13(2)17-6-5-14(3)9-18(17)21-19(24)10-16(11-20(21)25)15(4)23-8-7-22-12-23/h7-12,15,17-18,24-25H,1,5-6H2,2-4H3/t15?,17-,18+/m0/s1. The van der Waals surface area contributed by atoms with Crippen molar-refractivity contribution in [3.05, 3.63) is 65.8 Å². The Balaban J connectivity index is 2.03. The van der Waals surface area contributed by atoms with Gasteiger partial charge in [0.2, 0.25) is 0 Å². The van der Waals surface area contributed by atoms with E-state index in [1.807, 2.05) is 24.6 Å². The first-order valence-electron chi connectivity index (χ1n) is 8.74. The first-order chi connectivity index (χ1) is 11.9. The molecular weight excluding hydrogens is 312 g/mol. The van der Waals surface area contributed by atoms with Gasteiger partial charge >= 0.3 is 0 Å². The lowest BCUT2D eigenvalue weighted by Crippen LogP contribution is -2.17. The van der Waals surface area contributed by atoms with Gasteiger partial charge < -0.3 is 14.8 Å². The summed E-state index contributed by atoms with van der Waals surface area (Å²) in [5.74, 6) is 0.481. The van der Waals surface area contributed by atoms with Crippen LogP contribution in [0.25, 0.3) is 0 Å². The SMILES string of the molecule is C=C(C)[C@@H]1CCC(C)=C[C@H]1c1c(O)cc(C(C)n2ccnc2)cc1O. The lowest BCUT2D eigenvalue weighted by atomic mass is 9.73. The number of hydrogen-bond acceptors (Lipinski definition) is 3. The van der Waals surface area contributed by atoms with Crippen LogP contribution in [0.5, 0.6) is 11.5 Å². The van der Waals surface area contributed by atoms with Crippen molar-refractivity contribution in [2.75, 3.05) is 0 Å². The van der Waals surface area contributed by atoms with Gasteiger partial charge in [-0.25, -0.2) is 4.98 Å². The Bertz CT molecular complexity index is 782. The summed E-state index contributed by atoms with van der Waals surface area (Å²) in [7, 11) is 0. The highest BCUT2D eigenvalue weighted by Gasteiger charge is 2.30. The summed E-state index contributed by atoms with van der Waals surface area (Å²) in [5, 5.41) is 21.4. The quantitative estimate of drug-likeness (QED) is 0.778. The molecule has 1 aliphatic rings. The van der Waals surface area contributed by atoms with Gasteiger partial charge in [-0.15, -0.1) is 0 Å². The van der Waals surface area contributed by atoms with Crippen LogP contribution in [-0.2, 0) is 0 Å². The number of aromatic hydroxyl groups is 2. The Morgan fingerprint density at radius 2 is 2.00 bits per heavy atom. The van der Waals surface area contributed by atoms with Gasteiger partial charge in [0.15, 0.2) is 0 Å². The summed E-state index contributed by atoms with van der Waals surface area (Å²) in [6.07, 6.45) is 9.52. The van der Waals surface area contributed by atoms with E-state index in [1.165, 1.54) is 5.57 Å². The van der Waals surface area contributed by atoms with Gasteiger partial charge in [0, 0.05) is 23.9 Å². The normalized spacial score (nSPS) is 21.6. The molecule has 3 atom stereocenters. The second-order valence-corrected chi connectivity index (χ2v) is 7.19. The van der Waals surface area contributed by atoms with Crippen LogP contribution in [0, 0.1) is 5.92 Å². The predicted molar refractivity (Wildman–Crippen MR) is 99.8 cm³/mol. The third-order valence-electron chi connectivity index (χ3n) is 5.33. The van der Waals surface area contributed by atoms with Gasteiger partial charge in [-0.05, 0) is 57.2 Å². The maximum atomic E-state index is 10.7. The van der Waals surface area contributed by atoms with Gasteiger partial charge in [-0.2, -0.15) is 0 Å². The van der Waals surface area contributed by atoms with Crippen molar-refractivity contribution in [3.8, 4) is 11.5 Å². The Labute approximate surface area is 149 Å². The van der Waals surface area contributed by atoms with E-state index in [9.17, 15) is 10.2 Å². The molecule has 1 aromatic carbocycles. The summed E-state index contributed by atoms with van der Waals surface area (Å²) in [6, 6.07) is 3.49. The molecule has 25 heavy (non-hydrogen) atoms. The molecule has 3 rings (SSSR count). The van der Waals surface area contributed by atoms with Gasteiger partial charge in [0.1, 0.15) is 11.5 Å². The molecule has 0 aliphatic heterocycles. The Hall–Kier alpha value is -2.49. The topological polar surface area (TPSA) is 58.3 Å². The van der Waals surface area contributed by atoms with Crippen molar-refractivity contribution >= 4 is 0 Å². The van der Waals surface area contributed by atoms with E-state index in [-0.39, 0.29) is 29.4 Å². The van der Waals surface area contributed by atoms with E-state index in [0.29, 0.717) is 5.56 Å². The van der Waals surface area contributed by atoms with Crippen LogP contribution in [0.15, 0.2) is 54.7 Å². The second-order valence-electron chi connectivity index (χ2n) is 7.19. The molecule has 1 unspecified atom stereocenters. The van der Waals surface area contributed by atoms with Crippen LogP contribution in [0.3, 0.4) is 0 Å². The highest BCUT2D eigenvalue weighted by Crippen LogP contribution is 2.47. The summed E-state index contributed by atoms with van der Waals surface area (Å²) in [5.41, 5.74) is 3.83. The third kappa shape index (κ3) is 3.34. The Morgan fingerprint density at radius 3 is 2.56 bits per heavy atom. The second kappa shape index (κ2) is 6.79. The molecule has 4 nitrogen and oxygen atoms in total. The number of allylic oxidation sites excluding steroid dienone is 3. The largest absolute Gasteiger partial charge is 0.507 e. The van der Waals surface area contributed by atoms with E-state index in [1.54, 1.807) is 24.7 Å². The molecule has 132 valence electrons. The smallest absolute Gasteiger partial charge is 0.123 e. The van der Waals surface area contributed by atoms with Crippen molar-refractivity contribution in [2.45, 2.75) is 45.6 Å². The third-order valence-corrected chi connectivity index (χ3v) is 5.33. The minimum atomic E-state index is -0.0381. The minimum absolute atomic E-state index is 0.0195. The zero-order valence-corrected chi connectivity index (χ0v) is 15.1. The number of hydrogen-bond donors (Lipinski definition) is 2. The summed E-state index contributed by atoms with van der Waals surface area (Å²) >= 11 is 0. The maximum absolute atomic E-state index is 10.7. The van der Waals surface area contributed by atoms with Crippen LogP contribution in [0.2, 0.25) is 0 Å². The van der Waals surface area contributed by atoms with E-state index in [4.69, 9.17) is 0 Å². The highest BCUT2D eigenvalue weighted by molar-refractivity contribution is 5.52. The van der Waals surface area contributed by atoms with E-state index < -0.39 is 0 Å². The fourth-order valence-corrected chi connectivity index (χ4v) is 3.80. The molecule has 0 bridgehead atoms. The summed E-state index contributed by atoms with van der Waals surface area (Å²) < 4.78 is 1.94. The van der Waals surface area contributed by atoms with Gasteiger partial charge in [-0.1, -0.05) is 23.8 Å². The predicted octanol–water partition coefficient (Wildman–Crippen LogP) is 4.92. The molecule has 2 N–H and O–H groups in total. The van der Waals surface area contributed by atoms with Crippen molar-refractivity contribution in [1.29, 1.82) is 0 Å². The Morgan fingerprint density at radius 1 is 1.32 bits per heavy atom. The number of benzene rings is 1. The van der Waals surface area contributed by atoms with Crippen LogP contribution < -0.4 is 0 Å². The van der Waals surface area contributed by atoms with Crippen LogP contribution >= 0.6 is 0 Å². The molecular formula is C21H26N2O2. The monoisotopic (exact) mass is 338 g/mol. The highest BCUT2D eigenvalue weighted by atomic mass is 16.3. The lowest BCUT2D eigenvalue weighted by Gasteiger charge is -2.31. The molecule has 0 spiro atoms. The van der Waals surface area contributed by atoms with E-state index in [0.717, 1.165) is 24.0 Å². The molecule has 0 fully saturated rings. The zero-order chi connectivity index (χ0) is 18.1. The molecule has 1 aliphatic carbocycles. The first kappa shape index (κ1) is 17.3. The van der Waals surface area contributed by atoms with Crippen molar-refractivity contribution in [3.63, 3.8) is 0 Å². The van der Waals surface area contributed by atoms with Crippen LogP contribution in [0.4, 0.5) is 0 Å². The fourth-order valence-electron chi connectivity index (χ4n) is 3.80. The number of aromatic nitrogens is 2. The average molecular weight is 338 g/mol. The lowest BCUT2D eigenvalue weighted by molar-refractivity contribution is 0.405. The summed E-state index contributed by atoms with van der Waals surface area (Å²) in [4.78, 5) is 4.06. The van der Waals surface area contributed by atoms with Crippen molar-refractivity contribution in [1.82, 2.24) is 9.55 Å². The number of nitrogens with zero attached hydrogens (tertiary/aromatic N) is 2. The van der Waals surface area contributed by atoms with Crippen LogP contribution in [-0.4, -0.2) is 19.8 Å². The molecule has 1 heterocycles. The number of phenolic OH excluding ortho intramolecular Hbond substituents is 2. The van der Waals surface area contributed by atoms with E-state index >= 15 is 0 Å². The zero-order valence-electron chi connectivity index (χ0n) is 15.1. The van der Waals surface area contributed by atoms with Gasteiger partial charge in [0.25, 0.3) is 0 Å². The molecule has 4 heteroatoms. The van der Waals surface area contributed by atoms with Gasteiger partial charge in [0.05, 0.1) is 12.4 Å². The summed E-state index contributed by atoms with van der Waals surface area (Å²) in [6.45, 7) is 10.3. The molecule has 0 amide bonds. The van der Waals surface area contributed by atoms with Gasteiger partial charge in [-0.3, -0.25) is 0 Å². The Kier molecular flexibility index (Phi) is 4.71. The van der Waals surface area contributed by atoms with Crippen LogP contribution in [0.1, 0.15) is 56.7 Å². The van der Waals surface area contributed by atoms with Crippen molar-refractivity contribution < 1.29 is 10.2 Å². The van der Waals surface area contributed by atoms with Crippen molar-refractivity contribution in [2.24, 2.45) is 5.92 Å². The molecule has 0 saturated carbocycles. The first-order valence-corrected chi connectivity index (χ1v) is 8.74. The average Bonchev–Trinajstić information content (AvgIpc) is 3.07. The number of phenols is 2. The number of rotatable bonds is 4. The minimum Gasteiger partial charge on any atom is -0.507 e. The molecule has 0 radical (unpaired) electrons. The molecule has 0 saturated heterocycles. The van der Waals surface area contributed by atoms with E-state index in [2.05, 4.69) is 24.6 Å². The maximum Gasteiger partial charge on any atom is 0.123 e. The fraction of sp³-hybridized carbons (Fsp3) is 0.381. The molecule has 1 aromatic heterocycles. The number of imidazole rings is 1.